The Bertz CT molecular complexity index is 485. The van der Waals surface area contributed by atoms with E-state index in [1.54, 1.807) is 24.1 Å². The Balaban J connectivity index is 2.85. The highest BCUT2D eigenvalue weighted by molar-refractivity contribution is 5.94. The van der Waals surface area contributed by atoms with Crippen LogP contribution in [0.1, 0.15) is 29.8 Å². The molecule has 0 fully saturated rings. The van der Waals surface area contributed by atoms with Crippen LogP contribution in [0.15, 0.2) is 24.3 Å². The third-order valence-electron chi connectivity index (χ3n) is 3.01. The van der Waals surface area contributed by atoms with Gasteiger partial charge in [0.2, 0.25) is 0 Å². The van der Waals surface area contributed by atoms with Crippen molar-refractivity contribution in [3.8, 4) is 11.8 Å². The zero-order chi connectivity index (χ0) is 15.0. The summed E-state index contributed by atoms with van der Waals surface area (Å²) >= 11 is 0. The van der Waals surface area contributed by atoms with Gasteiger partial charge in [0.1, 0.15) is 0 Å². The Labute approximate surface area is 120 Å². The molecule has 0 aliphatic rings. The van der Waals surface area contributed by atoms with Gasteiger partial charge < -0.3 is 15.4 Å². The van der Waals surface area contributed by atoms with E-state index < -0.39 is 0 Å². The maximum absolute atomic E-state index is 12.4. The first kappa shape index (κ1) is 16.2. The molecular weight excluding hydrogens is 252 g/mol. The van der Waals surface area contributed by atoms with Crippen molar-refractivity contribution in [1.29, 1.82) is 0 Å². The molecule has 108 valence electrons. The number of hydrogen-bond donors (Lipinski definition) is 1. The molecule has 0 aromatic heterocycles. The summed E-state index contributed by atoms with van der Waals surface area (Å²) in [5, 5.41) is 0. The van der Waals surface area contributed by atoms with Crippen LogP contribution in [0, 0.1) is 11.8 Å². The monoisotopic (exact) mass is 274 g/mol. The van der Waals surface area contributed by atoms with Gasteiger partial charge in [-0.2, -0.15) is 0 Å². The van der Waals surface area contributed by atoms with Gasteiger partial charge in [0.05, 0.1) is 19.2 Å². The van der Waals surface area contributed by atoms with Crippen molar-refractivity contribution < 1.29 is 9.53 Å². The van der Waals surface area contributed by atoms with Crippen molar-refractivity contribution in [2.75, 3.05) is 26.8 Å². The van der Waals surface area contributed by atoms with E-state index in [1.807, 2.05) is 26.0 Å². The fourth-order valence-corrected chi connectivity index (χ4v) is 2.00. The highest BCUT2D eigenvalue weighted by atomic mass is 16.5. The number of carbonyl (C=O) groups is 1. The van der Waals surface area contributed by atoms with Crippen LogP contribution in [0.5, 0.6) is 0 Å². The second kappa shape index (κ2) is 8.36. The zero-order valence-corrected chi connectivity index (χ0v) is 12.3. The van der Waals surface area contributed by atoms with Crippen molar-refractivity contribution in [2.45, 2.75) is 19.9 Å². The second-order valence-corrected chi connectivity index (χ2v) is 4.48. The molecule has 0 saturated heterocycles. The summed E-state index contributed by atoms with van der Waals surface area (Å²) in [4.78, 5) is 14.2. The number of carbonyl (C=O) groups excluding carboxylic acids is 1. The summed E-state index contributed by atoms with van der Waals surface area (Å²) in [6.45, 7) is 5.45. The number of methoxy groups -OCH3 is 1. The van der Waals surface area contributed by atoms with Crippen LogP contribution >= 0.6 is 0 Å². The predicted molar refractivity (Wildman–Crippen MR) is 80.4 cm³/mol. The molecule has 0 aliphatic carbocycles. The number of nitrogens with two attached hydrogens (primary N) is 1. The van der Waals surface area contributed by atoms with Gasteiger partial charge >= 0.3 is 0 Å². The average molecular weight is 274 g/mol. The van der Waals surface area contributed by atoms with Crippen LogP contribution in [0.25, 0.3) is 0 Å². The lowest BCUT2D eigenvalue weighted by Crippen LogP contribution is -2.40. The standard InChI is InChI=1S/C16H22N2O2/c1-4-18(13(2)12-20-3)16(19)15-9-7-14(8-10-15)6-5-11-17/h7-10,13H,4,11-12,17H2,1-3H3. The van der Waals surface area contributed by atoms with E-state index in [0.717, 1.165) is 5.56 Å². The van der Waals surface area contributed by atoms with Crippen LogP contribution in [0.3, 0.4) is 0 Å². The number of rotatable bonds is 5. The quantitative estimate of drug-likeness (QED) is 0.828. The fraction of sp³-hybridized carbons (Fsp3) is 0.438. The van der Waals surface area contributed by atoms with Crippen molar-refractivity contribution >= 4 is 5.91 Å². The van der Waals surface area contributed by atoms with Crippen LogP contribution in [0.4, 0.5) is 0 Å². The summed E-state index contributed by atoms with van der Waals surface area (Å²) in [5.41, 5.74) is 6.85. The van der Waals surface area contributed by atoms with Gasteiger partial charge in [-0.25, -0.2) is 0 Å². The molecule has 20 heavy (non-hydrogen) atoms. The normalized spacial score (nSPS) is 11.4. The third kappa shape index (κ3) is 4.37. The molecule has 1 unspecified atom stereocenters. The van der Waals surface area contributed by atoms with Gasteiger partial charge in [-0.15, -0.1) is 0 Å². The van der Waals surface area contributed by atoms with Crippen LogP contribution in [0.2, 0.25) is 0 Å². The first-order chi connectivity index (χ1) is 9.63. The maximum Gasteiger partial charge on any atom is 0.254 e. The van der Waals surface area contributed by atoms with E-state index in [-0.39, 0.29) is 11.9 Å². The van der Waals surface area contributed by atoms with E-state index in [9.17, 15) is 4.79 Å². The van der Waals surface area contributed by atoms with Crippen LogP contribution < -0.4 is 5.73 Å². The molecule has 4 nitrogen and oxygen atoms in total. The molecule has 1 atom stereocenters. The van der Waals surface area contributed by atoms with Crippen molar-refractivity contribution in [1.82, 2.24) is 4.90 Å². The van der Waals surface area contributed by atoms with Gasteiger partial charge in [-0.3, -0.25) is 4.79 Å². The second-order valence-electron chi connectivity index (χ2n) is 4.48. The van der Waals surface area contributed by atoms with E-state index in [1.165, 1.54) is 0 Å². The van der Waals surface area contributed by atoms with Gasteiger partial charge in [0, 0.05) is 24.8 Å². The number of benzene rings is 1. The molecule has 1 amide bonds. The van der Waals surface area contributed by atoms with Crippen LogP contribution in [-0.2, 0) is 4.74 Å². The number of ether oxygens (including phenoxy) is 1. The topological polar surface area (TPSA) is 55.6 Å². The minimum Gasteiger partial charge on any atom is -0.383 e. The molecular formula is C16H22N2O2. The average Bonchev–Trinajstić information content (AvgIpc) is 2.46. The highest BCUT2D eigenvalue weighted by Gasteiger charge is 2.19. The molecule has 1 rings (SSSR count). The largest absolute Gasteiger partial charge is 0.383 e. The smallest absolute Gasteiger partial charge is 0.254 e. The summed E-state index contributed by atoms with van der Waals surface area (Å²) in [7, 11) is 1.64. The Morgan fingerprint density at radius 2 is 2.05 bits per heavy atom. The zero-order valence-electron chi connectivity index (χ0n) is 12.3. The molecule has 0 aliphatic heterocycles. The van der Waals surface area contributed by atoms with Crippen molar-refractivity contribution in [3.63, 3.8) is 0 Å². The lowest BCUT2D eigenvalue weighted by atomic mass is 10.1. The minimum absolute atomic E-state index is 0.00961. The van der Waals surface area contributed by atoms with E-state index >= 15 is 0 Å². The molecule has 4 heteroatoms. The van der Waals surface area contributed by atoms with E-state index in [4.69, 9.17) is 10.5 Å². The van der Waals surface area contributed by atoms with Gasteiger partial charge in [-0.05, 0) is 38.1 Å². The first-order valence-corrected chi connectivity index (χ1v) is 6.72. The Hall–Kier alpha value is -1.83. The number of amides is 1. The molecule has 0 saturated carbocycles. The SMILES string of the molecule is CCN(C(=O)c1ccc(C#CCN)cc1)C(C)COC. The Morgan fingerprint density at radius 3 is 2.55 bits per heavy atom. The van der Waals surface area contributed by atoms with E-state index in [2.05, 4.69) is 11.8 Å². The lowest BCUT2D eigenvalue weighted by Gasteiger charge is -2.27. The number of likely N-dealkylation sites (N-methyl/N-ethyl adjacent to an activating group) is 1. The number of hydrogen-bond acceptors (Lipinski definition) is 3. The fourth-order valence-electron chi connectivity index (χ4n) is 2.00. The lowest BCUT2D eigenvalue weighted by molar-refractivity contribution is 0.0579. The van der Waals surface area contributed by atoms with Crippen LogP contribution in [-0.4, -0.2) is 43.7 Å². The Morgan fingerprint density at radius 1 is 1.40 bits per heavy atom. The maximum atomic E-state index is 12.4. The van der Waals surface area contributed by atoms with E-state index in [0.29, 0.717) is 25.3 Å². The first-order valence-electron chi connectivity index (χ1n) is 6.72. The third-order valence-corrected chi connectivity index (χ3v) is 3.01. The molecule has 2 N–H and O–H groups in total. The Kier molecular flexibility index (Phi) is 6.78. The summed E-state index contributed by atoms with van der Waals surface area (Å²) in [6.07, 6.45) is 0. The predicted octanol–water partition coefficient (Wildman–Crippen LogP) is 1.49. The molecule has 0 radical (unpaired) electrons. The van der Waals surface area contributed by atoms with Crippen molar-refractivity contribution in [3.05, 3.63) is 35.4 Å². The van der Waals surface area contributed by atoms with Crippen molar-refractivity contribution in [2.24, 2.45) is 5.73 Å². The van der Waals surface area contributed by atoms with Gasteiger partial charge in [-0.1, -0.05) is 11.8 Å². The molecule has 1 aromatic carbocycles. The molecule has 0 heterocycles. The minimum atomic E-state index is 0.00961. The summed E-state index contributed by atoms with van der Waals surface area (Å²) in [5.74, 6) is 5.73. The molecule has 1 aromatic rings. The van der Waals surface area contributed by atoms with Gasteiger partial charge in [0.15, 0.2) is 0 Å². The summed E-state index contributed by atoms with van der Waals surface area (Å²) in [6, 6.07) is 7.32. The molecule has 0 spiro atoms. The highest BCUT2D eigenvalue weighted by Crippen LogP contribution is 2.10. The summed E-state index contributed by atoms with van der Waals surface area (Å²) < 4.78 is 5.11. The molecule has 0 bridgehead atoms. The van der Waals surface area contributed by atoms with Gasteiger partial charge in [0.25, 0.3) is 5.91 Å². The number of nitrogens with zero attached hydrogens (tertiary/aromatic N) is 1.